The Morgan fingerprint density at radius 2 is 1.79 bits per heavy atom. The Morgan fingerprint density at radius 1 is 1.03 bits per heavy atom. The van der Waals surface area contributed by atoms with Crippen molar-refractivity contribution in [3.63, 3.8) is 0 Å². The molecule has 3 aromatic carbocycles. The van der Waals surface area contributed by atoms with E-state index in [0.717, 1.165) is 30.5 Å². The summed E-state index contributed by atoms with van der Waals surface area (Å²) in [6, 6.07) is 6.44. The molecule has 0 atom stereocenters. The van der Waals surface area contributed by atoms with Gasteiger partial charge in [-0.1, -0.05) is 13.8 Å². The zero-order valence-electron chi connectivity index (χ0n) is 19.5. The summed E-state index contributed by atoms with van der Waals surface area (Å²) in [7, 11) is 0. The molecule has 9 nitrogen and oxygen atoms in total. The van der Waals surface area contributed by atoms with Crippen molar-refractivity contribution >= 4 is 45.0 Å². The molecular formula is C24H32ClN5O4. The van der Waals surface area contributed by atoms with Crippen LogP contribution in [-0.2, 0) is 6.54 Å². The Balaban J connectivity index is 0.00000324. The smallest absolute Gasteiger partial charge is 0.189 e. The SMILES string of the molecule is CCN(CC)CCn1[nH]c2c3c(=O)ccc(O)c3c(O)c3c(=NCCNCCO)ccc1c32.Cl. The molecule has 1 heterocycles. The van der Waals surface area contributed by atoms with Gasteiger partial charge in [0.15, 0.2) is 5.43 Å². The maximum absolute atomic E-state index is 12.8. The van der Waals surface area contributed by atoms with Crippen molar-refractivity contribution in [2.45, 2.75) is 20.4 Å². The van der Waals surface area contributed by atoms with E-state index < -0.39 is 0 Å². The average Bonchev–Trinajstić information content (AvgIpc) is 3.18. The molecule has 0 bridgehead atoms. The van der Waals surface area contributed by atoms with E-state index >= 15 is 0 Å². The quantitative estimate of drug-likeness (QED) is 0.171. The first kappa shape index (κ1) is 25.8. The van der Waals surface area contributed by atoms with E-state index in [4.69, 9.17) is 5.11 Å². The van der Waals surface area contributed by atoms with Gasteiger partial charge in [-0.2, -0.15) is 0 Å². The van der Waals surface area contributed by atoms with Crippen molar-refractivity contribution in [3.05, 3.63) is 39.8 Å². The Kier molecular flexibility index (Phi) is 8.37. The van der Waals surface area contributed by atoms with E-state index in [9.17, 15) is 15.0 Å². The summed E-state index contributed by atoms with van der Waals surface area (Å²) in [6.45, 7) is 9.22. The van der Waals surface area contributed by atoms with Crippen LogP contribution in [0, 0.1) is 0 Å². The summed E-state index contributed by atoms with van der Waals surface area (Å²) >= 11 is 0. The fourth-order valence-electron chi connectivity index (χ4n) is 4.46. The third kappa shape index (κ3) is 4.56. The highest BCUT2D eigenvalue weighted by Gasteiger charge is 2.22. The number of aliphatic hydroxyl groups excluding tert-OH is 1. The van der Waals surface area contributed by atoms with E-state index in [1.165, 1.54) is 12.1 Å². The molecule has 0 radical (unpaired) electrons. The van der Waals surface area contributed by atoms with E-state index in [0.29, 0.717) is 42.4 Å². The maximum Gasteiger partial charge on any atom is 0.189 e. The Hall–Kier alpha value is -2.85. The van der Waals surface area contributed by atoms with E-state index in [1.54, 1.807) is 0 Å². The van der Waals surface area contributed by atoms with Crippen LogP contribution < -0.4 is 16.1 Å². The molecule has 0 aliphatic heterocycles. The number of hydrogen-bond donors (Lipinski definition) is 5. The van der Waals surface area contributed by atoms with Crippen LogP contribution in [0.2, 0.25) is 0 Å². The molecule has 1 aromatic heterocycles. The Bertz CT molecular complexity index is 1390. The van der Waals surface area contributed by atoms with E-state index in [2.05, 4.69) is 34.2 Å². The zero-order chi connectivity index (χ0) is 23.5. The summed E-state index contributed by atoms with van der Waals surface area (Å²) < 4.78 is 1.99. The van der Waals surface area contributed by atoms with Gasteiger partial charge < -0.3 is 25.5 Å². The van der Waals surface area contributed by atoms with Crippen LogP contribution in [-0.4, -0.2) is 75.9 Å². The number of hydrogen-bond acceptors (Lipinski definition) is 7. The second-order valence-corrected chi connectivity index (χ2v) is 8.06. The lowest BCUT2D eigenvalue weighted by molar-refractivity contribution is 0.287. The number of nitrogens with zero attached hydrogens (tertiary/aromatic N) is 3. The summed E-state index contributed by atoms with van der Waals surface area (Å²) in [4.78, 5) is 19.8. The number of fused-ring (bicyclic) bond motifs is 2. The molecule has 5 N–H and O–H groups in total. The summed E-state index contributed by atoms with van der Waals surface area (Å²) in [6.07, 6.45) is 0. The number of likely N-dealkylation sites (N-methyl/N-ethyl adjacent to an activating group) is 1. The number of aromatic nitrogens is 2. The largest absolute Gasteiger partial charge is 0.507 e. The predicted octanol–water partition coefficient (Wildman–Crippen LogP) is 1.73. The highest BCUT2D eigenvalue weighted by atomic mass is 35.5. The Labute approximate surface area is 203 Å². The summed E-state index contributed by atoms with van der Waals surface area (Å²) in [5, 5.41) is 39.4. The molecule has 184 valence electrons. The van der Waals surface area contributed by atoms with Gasteiger partial charge in [0.25, 0.3) is 0 Å². The Morgan fingerprint density at radius 3 is 2.50 bits per heavy atom. The van der Waals surface area contributed by atoms with Crippen molar-refractivity contribution in [2.24, 2.45) is 4.99 Å². The molecule has 10 heteroatoms. The van der Waals surface area contributed by atoms with Crippen molar-refractivity contribution in [1.29, 1.82) is 0 Å². The van der Waals surface area contributed by atoms with Crippen LogP contribution in [0.3, 0.4) is 0 Å². The summed E-state index contributed by atoms with van der Waals surface area (Å²) in [5.74, 6) is -0.292. The molecule has 0 unspecified atom stereocenters. The zero-order valence-corrected chi connectivity index (χ0v) is 20.3. The second-order valence-electron chi connectivity index (χ2n) is 8.06. The van der Waals surface area contributed by atoms with Crippen LogP contribution >= 0.6 is 12.4 Å². The molecule has 4 aromatic rings. The van der Waals surface area contributed by atoms with Crippen LogP contribution in [0.5, 0.6) is 11.5 Å². The van der Waals surface area contributed by atoms with Gasteiger partial charge in [-0.25, -0.2) is 0 Å². The van der Waals surface area contributed by atoms with Gasteiger partial charge >= 0.3 is 0 Å². The maximum atomic E-state index is 12.8. The fourth-order valence-corrected chi connectivity index (χ4v) is 4.46. The van der Waals surface area contributed by atoms with Crippen LogP contribution in [0.15, 0.2) is 34.1 Å². The third-order valence-electron chi connectivity index (χ3n) is 6.21. The second kappa shape index (κ2) is 11.1. The number of nitrogens with one attached hydrogen (secondary N) is 2. The number of benzene rings is 3. The molecule has 0 saturated heterocycles. The third-order valence-corrected chi connectivity index (χ3v) is 6.21. The van der Waals surface area contributed by atoms with Crippen molar-refractivity contribution in [2.75, 3.05) is 45.9 Å². The van der Waals surface area contributed by atoms with E-state index in [1.807, 2.05) is 16.8 Å². The molecule has 0 spiro atoms. The van der Waals surface area contributed by atoms with Gasteiger partial charge in [0.05, 0.1) is 52.2 Å². The van der Waals surface area contributed by atoms with E-state index in [-0.39, 0.29) is 46.7 Å². The van der Waals surface area contributed by atoms with Gasteiger partial charge in [0.2, 0.25) is 0 Å². The van der Waals surface area contributed by atoms with Crippen molar-refractivity contribution in [1.82, 2.24) is 20.0 Å². The number of H-pyrrole nitrogens is 1. The number of phenols is 2. The number of aliphatic hydroxyl groups is 1. The first-order valence-electron chi connectivity index (χ1n) is 11.4. The first-order chi connectivity index (χ1) is 16.0. The normalized spacial score (nSPS) is 12.4. The van der Waals surface area contributed by atoms with Crippen LogP contribution in [0.25, 0.3) is 32.6 Å². The fraction of sp³-hybridized carbons (Fsp3) is 0.417. The number of aromatic hydroxyl groups is 2. The van der Waals surface area contributed by atoms with Crippen molar-refractivity contribution < 1.29 is 15.3 Å². The van der Waals surface area contributed by atoms with Crippen LogP contribution in [0.4, 0.5) is 0 Å². The monoisotopic (exact) mass is 489 g/mol. The minimum atomic E-state index is -0.269. The molecule has 0 fully saturated rings. The predicted molar refractivity (Wildman–Crippen MR) is 138 cm³/mol. The average molecular weight is 490 g/mol. The van der Waals surface area contributed by atoms with Crippen molar-refractivity contribution in [3.8, 4) is 11.5 Å². The highest BCUT2D eigenvalue weighted by Crippen LogP contribution is 2.41. The molecule has 0 saturated carbocycles. The van der Waals surface area contributed by atoms with Gasteiger partial charge in [-0.3, -0.25) is 19.6 Å². The molecule has 0 aliphatic carbocycles. The van der Waals surface area contributed by atoms with Crippen LogP contribution in [0.1, 0.15) is 13.8 Å². The standard InChI is InChI=1S/C24H31N5O4.ClH/c1-3-28(4-2)12-13-29-16-6-5-15(26-10-9-25-11-14-30)19-20(16)23(27-29)21-17(31)7-8-18(32)22(21)24(19)33;/h5-8,25,27,30,32-33H,3-4,9-14H2,1-2H3;1H. The minimum absolute atomic E-state index is 0. The lowest BCUT2D eigenvalue weighted by atomic mass is 9.99. The molecular weight excluding hydrogens is 458 g/mol. The molecule has 4 rings (SSSR count). The minimum Gasteiger partial charge on any atom is -0.507 e. The topological polar surface area (TPSA) is 126 Å². The molecule has 34 heavy (non-hydrogen) atoms. The van der Waals surface area contributed by atoms with Gasteiger partial charge in [-0.15, -0.1) is 12.4 Å². The number of halogens is 1. The molecule has 0 amide bonds. The van der Waals surface area contributed by atoms with Gasteiger partial charge in [0, 0.05) is 25.0 Å². The highest BCUT2D eigenvalue weighted by molar-refractivity contribution is 6.23. The number of rotatable bonds is 10. The van der Waals surface area contributed by atoms with Gasteiger partial charge in [-0.05, 0) is 37.4 Å². The van der Waals surface area contributed by atoms with Gasteiger partial charge in [0.1, 0.15) is 11.5 Å². The number of phenolic OH excluding ortho intramolecular Hbond substituents is 2. The first-order valence-corrected chi connectivity index (χ1v) is 11.4. The lowest BCUT2D eigenvalue weighted by Gasteiger charge is -2.18. The summed E-state index contributed by atoms with van der Waals surface area (Å²) in [5.41, 5.74) is 1.18. The molecule has 0 aliphatic rings. The number of aromatic amines is 1. The lowest BCUT2D eigenvalue weighted by Crippen LogP contribution is -2.27.